The van der Waals surface area contributed by atoms with Gasteiger partial charge in [0, 0.05) is 19.1 Å². The minimum atomic E-state index is -1.27. The van der Waals surface area contributed by atoms with Crippen molar-refractivity contribution in [3.05, 3.63) is 25.3 Å². The van der Waals surface area contributed by atoms with Crippen molar-refractivity contribution in [3.8, 4) is 0 Å². The van der Waals surface area contributed by atoms with Crippen molar-refractivity contribution in [3.63, 3.8) is 0 Å². The van der Waals surface area contributed by atoms with E-state index in [4.69, 9.17) is 13.9 Å². The Balaban J connectivity index is 2.11. The molecule has 2 rings (SSSR count). The normalized spacial score (nSPS) is 21.3. The minimum absolute atomic E-state index is 0.0198. The number of nitrogens with zero attached hydrogens (tertiary/aromatic N) is 2. The highest BCUT2D eigenvalue weighted by Gasteiger charge is 2.50. The van der Waals surface area contributed by atoms with Crippen molar-refractivity contribution in [1.82, 2.24) is 15.3 Å². The average Bonchev–Trinajstić information content (AvgIpc) is 3.23. The van der Waals surface area contributed by atoms with Crippen LogP contribution in [-0.2, 0) is 23.5 Å². The van der Waals surface area contributed by atoms with Crippen LogP contribution >= 0.6 is 0 Å². The smallest absolute Gasteiger partial charge is 0.429 e. The molecular weight excluding hydrogens is 470 g/mol. The maximum absolute atomic E-state index is 13.2. The Labute approximate surface area is 209 Å². The van der Waals surface area contributed by atoms with Gasteiger partial charge in [-0.15, -0.1) is 0 Å². The molecule has 0 aliphatic carbocycles. The lowest BCUT2D eigenvalue weighted by Gasteiger charge is -2.46. The van der Waals surface area contributed by atoms with Crippen LogP contribution in [0.15, 0.2) is 25.3 Å². The Morgan fingerprint density at radius 3 is 2.00 bits per heavy atom. The van der Waals surface area contributed by atoms with E-state index in [0.717, 1.165) is 10.0 Å². The van der Waals surface area contributed by atoms with E-state index in [0.29, 0.717) is 6.61 Å². The number of ketones is 1. The van der Waals surface area contributed by atoms with Gasteiger partial charge < -0.3 is 19.2 Å². The molecule has 0 aromatic rings. The fraction of sp³-hybridized carbons (Fsp3) is 0.667. The molecule has 2 saturated heterocycles. The standard InChI is InChI=1S/C24H39N3O7Si/c1-8-10-32-22(30)26-13-16(14-27(26)23(31)33-11-9-2)19(28)12-18-20(21(29)25-18)17(24(3,4)5)15-34-35(6)7/h8-9,16-18,20,35H,1-2,10-15H2,3-7H3,(H,25,29)/t17-,18-,20+/m1/s1. The average molecular weight is 510 g/mol. The van der Waals surface area contributed by atoms with Gasteiger partial charge in [0.1, 0.15) is 19.0 Å². The van der Waals surface area contributed by atoms with Crippen LogP contribution in [0.25, 0.3) is 0 Å². The summed E-state index contributed by atoms with van der Waals surface area (Å²) in [6.07, 6.45) is 1.39. The number of ether oxygens (including phenoxy) is 2. The fourth-order valence-corrected chi connectivity index (χ4v) is 4.89. The third-order valence-corrected chi connectivity index (χ3v) is 7.10. The van der Waals surface area contributed by atoms with Gasteiger partial charge in [-0.05, 0) is 24.4 Å². The molecule has 0 spiro atoms. The van der Waals surface area contributed by atoms with Gasteiger partial charge in [0.15, 0.2) is 9.04 Å². The molecule has 1 N–H and O–H groups in total. The van der Waals surface area contributed by atoms with Gasteiger partial charge in [-0.3, -0.25) is 9.59 Å². The number of Topliss-reactive ketones (excluding diaryl/α,β-unsaturated/α-hetero) is 1. The monoisotopic (exact) mass is 509 g/mol. The molecule has 0 radical (unpaired) electrons. The molecule has 0 aromatic carbocycles. The van der Waals surface area contributed by atoms with Crippen molar-refractivity contribution in [2.24, 2.45) is 23.2 Å². The van der Waals surface area contributed by atoms with E-state index < -0.39 is 27.1 Å². The van der Waals surface area contributed by atoms with Gasteiger partial charge in [-0.1, -0.05) is 46.1 Å². The number of hydrogen-bond donors (Lipinski definition) is 1. The molecule has 0 saturated carbocycles. The number of rotatable bonds is 11. The fourth-order valence-electron chi connectivity index (χ4n) is 4.30. The van der Waals surface area contributed by atoms with E-state index in [9.17, 15) is 19.2 Å². The van der Waals surface area contributed by atoms with Gasteiger partial charge in [0.05, 0.1) is 24.9 Å². The zero-order valence-corrected chi connectivity index (χ0v) is 22.6. The number of amides is 3. The summed E-state index contributed by atoms with van der Waals surface area (Å²) in [5.41, 5.74) is -0.183. The predicted molar refractivity (Wildman–Crippen MR) is 133 cm³/mol. The summed E-state index contributed by atoms with van der Waals surface area (Å²) in [5, 5.41) is 5.03. The highest BCUT2D eigenvalue weighted by molar-refractivity contribution is 6.48. The van der Waals surface area contributed by atoms with Crippen LogP contribution in [0.3, 0.4) is 0 Å². The van der Waals surface area contributed by atoms with E-state index in [2.05, 4.69) is 52.3 Å². The van der Waals surface area contributed by atoms with Crippen molar-refractivity contribution in [2.45, 2.75) is 46.3 Å². The van der Waals surface area contributed by atoms with Crippen molar-refractivity contribution in [1.29, 1.82) is 0 Å². The molecule has 0 bridgehead atoms. The second-order valence-corrected chi connectivity index (χ2v) is 12.7. The van der Waals surface area contributed by atoms with E-state index in [1.165, 1.54) is 12.2 Å². The SMILES string of the molecule is C=CCOC(=O)N1CC(C(=O)C[C@H]2NC(=O)[C@H]2[C@@H](CO[SiH](C)C)C(C)(C)C)CN1C(=O)OCC=C. The largest absolute Gasteiger partial charge is 0.444 e. The van der Waals surface area contributed by atoms with Crippen molar-refractivity contribution < 1.29 is 33.1 Å². The van der Waals surface area contributed by atoms with Crippen molar-refractivity contribution >= 4 is 32.9 Å². The van der Waals surface area contributed by atoms with Gasteiger partial charge in [0.2, 0.25) is 5.91 Å². The number of hydrazine groups is 1. The zero-order valence-electron chi connectivity index (χ0n) is 21.5. The number of β-lactam (4-membered cyclic amide) rings is 1. The molecule has 2 aliphatic heterocycles. The highest BCUT2D eigenvalue weighted by Crippen LogP contribution is 2.39. The van der Waals surface area contributed by atoms with E-state index >= 15 is 0 Å². The first kappa shape index (κ1) is 28.6. The van der Waals surface area contributed by atoms with Crippen LogP contribution < -0.4 is 5.32 Å². The Kier molecular flexibility index (Phi) is 10.1. The summed E-state index contributed by atoms with van der Waals surface area (Å²) in [4.78, 5) is 50.7. The number of hydrogen-bond acceptors (Lipinski definition) is 7. The molecule has 35 heavy (non-hydrogen) atoms. The van der Waals surface area contributed by atoms with Gasteiger partial charge in [-0.2, -0.15) is 0 Å². The number of carbonyl (C=O) groups is 4. The highest BCUT2D eigenvalue weighted by atomic mass is 28.3. The molecule has 2 aliphatic rings. The summed E-state index contributed by atoms with van der Waals surface area (Å²) in [6, 6.07) is -0.320. The first-order valence-corrected chi connectivity index (χ1v) is 14.7. The summed E-state index contributed by atoms with van der Waals surface area (Å²) in [5.74, 6) is -1.23. The van der Waals surface area contributed by atoms with Crippen LogP contribution in [0, 0.1) is 23.2 Å². The summed E-state index contributed by atoms with van der Waals surface area (Å²) in [6.45, 7) is 17.8. The second kappa shape index (κ2) is 12.3. The van der Waals surface area contributed by atoms with Crippen LogP contribution in [0.5, 0.6) is 0 Å². The van der Waals surface area contributed by atoms with E-state index in [-0.39, 0.29) is 67.7 Å². The lowest BCUT2D eigenvalue weighted by Crippen LogP contribution is -2.64. The molecule has 0 aromatic heterocycles. The summed E-state index contributed by atoms with van der Waals surface area (Å²) < 4.78 is 16.1. The third kappa shape index (κ3) is 7.41. The molecule has 3 atom stereocenters. The van der Waals surface area contributed by atoms with Gasteiger partial charge >= 0.3 is 12.2 Å². The van der Waals surface area contributed by atoms with Crippen LogP contribution in [0.1, 0.15) is 27.2 Å². The molecular formula is C24H39N3O7Si. The topological polar surface area (TPSA) is 114 Å². The first-order chi connectivity index (χ1) is 16.4. The molecule has 196 valence electrons. The second-order valence-electron chi connectivity index (χ2n) is 10.3. The van der Waals surface area contributed by atoms with Crippen molar-refractivity contribution in [2.75, 3.05) is 32.9 Å². The molecule has 2 fully saturated rings. The Morgan fingerprint density at radius 1 is 1.09 bits per heavy atom. The van der Waals surface area contributed by atoms with Gasteiger partial charge in [-0.25, -0.2) is 19.6 Å². The lowest BCUT2D eigenvalue weighted by atomic mass is 9.66. The molecule has 3 amide bonds. The Hall–Kier alpha value is -2.66. The molecule has 0 unspecified atom stereocenters. The van der Waals surface area contributed by atoms with Crippen LogP contribution in [0.4, 0.5) is 9.59 Å². The first-order valence-electron chi connectivity index (χ1n) is 12.0. The molecule has 2 heterocycles. The Bertz CT molecular complexity index is 794. The van der Waals surface area contributed by atoms with Crippen LogP contribution in [0.2, 0.25) is 13.1 Å². The quantitative estimate of drug-likeness (QED) is 0.259. The summed E-state index contributed by atoms with van der Waals surface area (Å²) >= 11 is 0. The van der Waals surface area contributed by atoms with Gasteiger partial charge in [0.25, 0.3) is 0 Å². The minimum Gasteiger partial charge on any atom is -0.444 e. The zero-order chi connectivity index (χ0) is 26.3. The lowest BCUT2D eigenvalue weighted by molar-refractivity contribution is -0.143. The van der Waals surface area contributed by atoms with E-state index in [1.807, 2.05) is 0 Å². The molecule has 10 nitrogen and oxygen atoms in total. The number of carbonyl (C=O) groups excluding carboxylic acids is 4. The number of nitrogens with one attached hydrogen (secondary N) is 1. The molecule has 11 heteroatoms. The third-order valence-electron chi connectivity index (χ3n) is 6.24. The predicted octanol–water partition coefficient (Wildman–Crippen LogP) is 2.52. The van der Waals surface area contributed by atoms with Crippen LogP contribution in [-0.4, -0.2) is 81.9 Å². The summed E-state index contributed by atoms with van der Waals surface area (Å²) in [7, 11) is -1.27. The Morgan fingerprint density at radius 2 is 1.60 bits per heavy atom. The maximum Gasteiger partial charge on any atom is 0.429 e. The van der Waals surface area contributed by atoms with E-state index in [1.54, 1.807) is 0 Å². The maximum atomic E-state index is 13.2.